The second-order valence-corrected chi connectivity index (χ2v) is 5.81. The van der Waals surface area contributed by atoms with E-state index in [-0.39, 0.29) is 12.6 Å². The van der Waals surface area contributed by atoms with Gasteiger partial charge in [0.1, 0.15) is 12.2 Å². The summed E-state index contributed by atoms with van der Waals surface area (Å²) in [7, 11) is 0. The molecule has 6 nitrogen and oxygen atoms in total. The van der Waals surface area contributed by atoms with E-state index >= 15 is 0 Å². The molecule has 0 aromatic rings. The first-order valence-corrected chi connectivity index (χ1v) is 6.87. The molecule has 2 amide bonds. The highest BCUT2D eigenvalue weighted by Crippen LogP contribution is 2.33. The molecule has 0 unspecified atom stereocenters. The van der Waals surface area contributed by atoms with Crippen LogP contribution in [0.3, 0.4) is 0 Å². The minimum atomic E-state index is -0.982. The molecule has 0 aromatic carbocycles. The van der Waals surface area contributed by atoms with Crippen LogP contribution in [-0.2, 0) is 9.53 Å². The van der Waals surface area contributed by atoms with Gasteiger partial charge in [0.05, 0.1) is 13.1 Å². The SMILES string of the molecule is CC1(OCC(=O)O)CN(C(=O)NCCCC2CC2)C1. The van der Waals surface area contributed by atoms with Crippen molar-refractivity contribution in [2.75, 3.05) is 26.2 Å². The first-order valence-electron chi connectivity index (χ1n) is 6.87. The van der Waals surface area contributed by atoms with Crippen LogP contribution in [0, 0.1) is 5.92 Å². The molecule has 2 rings (SSSR count). The third kappa shape index (κ3) is 4.38. The van der Waals surface area contributed by atoms with Gasteiger partial charge in [-0.05, 0) is 25.7 Å². The molecule has 19 heavy (non-hydrogen) atoms. The third-order valence-corrected chi connectivity index (χ3v) is 3.64. The van der Waals surface area contributed by atoms with E-state index in [0.717, 1.165) is 18.9 Å². The highest BCUT2D eigenvalue weighted by molar-refractivity contribution is 5.75. The number of likely N-dealkylation sites (tertiary alicyclic amines) is 1. The van der Waals surface area contributed by atoms with Gasteiger partial charge in [0.2, 0.25) is 0 Å². The van der Waals surface area contributed by atoms with Gasteiger partial charge < -0.3 is 20.1 Å². The molecule has 0 bridgehead atoms. The maximum atomic E-state index is 11.8. The monoisotopic (exact) mass is 270 g/mol. The van der Waals surface area contributed by atoms with Gasteiger partial charge in [0, 0.05) is 6.54 Å². The van der Waals surface area contributed by atoms with E-state index < -0.39 is 11.6 Å². The number of aliphatic carboxylic acids is 1. The molecule has 2 N–H and O–H groups in total. The standard InChI is InChI=1S/C13H22N2O4/c1-13(19-7-11(16)17)8-15(9-13)12(18)14-6-2-3-10-4-5-10/h10H,2-9H2,1H3,(H,14,18)(H,16,17). The Morgan fingerprint density at radius 2 is 2.11 bits per heavy atom. The zero-order valence-electron chi connectivity index (χ0n) is 11.4. The fourth-order valence-electron chi connectivity index (χ4n) is 2.34. The summed E-state index contributed by atoms with van der Waals surface area (Å²) in [5.74, 6) is -0.0853. The fraction of sp³-hybridized carbons (Fsp3) is 0.846. The van der Waals surface area contributed by atoms with Crippen LogP contribution in [0.2, 0.25) is 0 Å². The van der Waals surface area contributed by atoms with E-state index in [1.54, 1.807) is 4.90 Å². The summed E-state index contributed by atoms with van der Waals surface area (Å²) in [4.78, 5) is 23.8. The zero-order chi connectivity index (χ0) is 13.9. The molecule has 0 spiro atoms. The normalized spacial score (nSPS) is 20.8. The van der Waals surface area contributed by atoms with E-state index in [9.17, 15) is 9.59 Å². The Bertz CT molecular complexity index is 349. The molecule has 0 aromatic heterocycles. The average Bonchev–Trinajstić information content (AvgIpc) is 3.12. The molecule has 1 aliphatic heterocycles. The lowest BCUT2D eigenvalue weighted by molar-refractivity contribution is -0.159. The first-order chi connectivity index (χ1) is 8.98. The summed E-state index contributed by atoms with van der Waals surface area (Å²) in [6.45, 7) is 3.14. The summed E-state index contributed by atoms with van der Waals surface area (Å²) in [5.41, 5.74) is -0.510. The number of amides is 2. The molecule has 0 radical (unpaired) electrons. The number of hydrogen-bond donors (Lipinski definition) is 2. The van der Waals surface area contributed by atoms with Crippen molar-refractivity contribution in [3.8, 4) is 0 Å². The van der Waals surface area contributed by atoms with Crippen LogP contribution in [0.15, 0.2) is 0 Å². The molecule has 2 fully saturated rings. The topological polar surface area (TPSA) is 78.9 Å². The van der Waals surface area contributed by atoms with Gasteiger partial charge in [-0.2, -0.15) is 0 Å². The highest BCUT2D eigenvalue weighted by Gasteiger charge is 2.42. The molecule has 1 heterocycles. The minimum absolute atomic E-state index is 0.0767. The van der Waals surface area contributed by atoms with Crippen LogP contribution in [-0.4, -0.2) is 53.8 Å². The smallest absolute Gasteiger partial charge is 0.329 e. The maximum Gasteiger partial charge on any atom is 0.329 e. The predicted octanol–water partition coefficient (Wildman–Crippen LogP) is 1.06. The van der Waals surface area contributed by atoms with Crippen molar-refractivity contribution in [3.05, 3.63) is 0 Å². The van der Waals surface area contributed by atoms with Crippen molar-refractivity contribution in [1.82, 2.24) is 10.2 Å². The Kier molecular flexibility index (Phi) is 4.29. The summed E-state index contributed by atoms with van der Waals surface area (Å²) in [6, 6.07) is -0.0767. The molecular weight excluding hydrogens is 248 g/mol. The van der Waals surface area contributed by atoms with E-state index in [4.69, 9.17) is 9.84 Å². The van der Waals surface area contributed by atoms with Crippen molar-refractivity contribution in [2.24, 2.45) is 5.92 Å². The van der Waals surface area contributed by atoms with Crippen molar-refractivity contribution in [1.29, 1.82) is 0 Å². The second-order valence-electron chi connectivity index (χ2n) is 5.81. The number of nitrogens with one attached hydrogen (secondary N) is 1. The van der Waals surface area contributed by atoms with E-state index in [2.05, 4.69) is 5.32 Å². The number of carbonyl (C=O) groups excluding carboxylic acids is 1. The summed E-state index contributed by atoms with van der Waals surface area (Å²) >= 11 is 0. The lowest BCUT2D eigenvalue weighted by Crippen LogP contribution is -2.65. The van der Waals surface area contributed by atoms with Gasteiger partial charge in [-0.3, -0.25) is 0 Å². The summed E-state index contributed by atoms with van der Waals surface area (Å²) in [6.07, 6.45) is 4.94. The van der Waals surface area contributed by atoms with Crippen LogP contribution in [0.4, 0.5) is 4.79 Å². The molecule has 1 saturated heterocycles. The number of carboxylic acid groups (broad SMARTS) is 1. The average molecular weight is 270 g/mol. The van der Waals surface area contributed by atoms with E-state index in [1.807, 2.05) is 6.92 Å². The van der Waals surface area contributed by atoms with E-state index in [1.165, 1.54) is 19.3 Å². The van der Waals surface area contributed by atoms with Crippen LogP contribution in [0.5, 0.6) is 0 Å². The minimum Gasteiger partial charge on any atom is -0.480 e. The van der Waals surface area contributed by atoms with Gasteiger partial charge in [-0.1, -0.05) is 12.8 Å². The van der Waals surface area contributed by atoms with Gasteiger partial charge in [-0.25, -0.2) is 9.59 Å². The molecule has 6 heteroatoms. The van der Waals surface area contributed by atoms with Gasteiger partial charge in [0.15, 0.2) is 0 Å². The molecule has 0 atom stereocenters. The lowest BCUT2D eigenvalue weighted by atomic mass is 9.97. The fourth-order valence-corrected chi connectivity index (χ4v) is 2.34. The molecule has 108 valence electrons. The van der Waals surface area contributed by atoms with Gasteiger partial charge in [0.25, 0.3) is 0 Å². The third-order valence-electron chi connectivity index (χ3n) is 3.64. The number of carbonyl (C=O) groups is 2. The Hall–Kier alpha value is -1.30. The second kappa shape index (κ2) is 5.77. The zero-order valence-corrected chi connectivity index (χ0v) is 11.4. The van der Waals surface area contributed by atoms with E-state index in [0.29, 0.717) is 13.1 Å². The first kappa shape index (κ1) is 14.1. The number of hydrogen-bond acceptors (Lipinski definition) is 3. The quantitative estimate of drug-likeness (QED) is 0.678. The molecular formula is C13H22N2O4. The predicted molar refractivity (Wildman–Crippen MR) is 68.9 cm³/mol. The lowest BCUT2D eigenvalue weighted by Gasteiger charge is -2.46. The van der Waals surface area contributed by atoms with Crippen LogP contribution in [0.25, 0.3) is 0 Å². The van der Waals surface area contributed by atoms with Crippen molar-refractivity contribution < 1.29 is 19.4 Å². The van der Waals surface area contributed by atoms with Crippen LogP contribution in [0.1, 0.15) is 32.6 Å². The number of ether oxygens (including phenoxy) is 1. The highest BCUT2D eigenvalue weighted by atomic mass is 16.5. The number of rotatable bonds is 7. The Labute approximate surface area is 113 Å². The van der Waals surface area contributed by atoms with Crippen molar-refractivity contribution in [3.63, 3.8) is 0 Å². The number of nitrogens with zero attached hydrogens (tertiary/aromatic N) is 1. The van der Waals surface area contributed by atoms with Gasteiger partial charge >= 0.3 is 12.0 Å². The number of urea groups is 1. The molecule has 2 aliphatic rings. The Morgan fingerprint density at radius 1 is 1.42 bits per heavy atom. The maximum absolute atomic E-state index is 11.8. The van der Waals surface area contributed by atoms with Gasteiger partial charge in [-0.15, -0.1) is 0 Å². The summed E-state index contributed by atoms with van der Waals surface area (Å²) in [5, 5.41) is 11.4. The van der Waals surface area contributed by atoms with Crippen molar-refractivity contribution >= 4 is 12.0 Å². The largest absolute Gasteiger partial charge is 0.480 e. The van der Waals surface area contributed by atoms with Crippen LogP contribution < -0.4 is 5.32 Å². The van der Waals surface area contributed by atoms with Crippen molar-refractivity contribution in [2.45, 2.75) is 38.2 Å². The summed E-state index contributed by atoms with van der Waals surface area (Å²) < 4.78 is 5.25. The molecule has 1 saturated carbocycles. The Morgan fingerprint density at radius 3 is 2.68 bits per heavy atom. The molecule has 1 aliphatic carbocycles. The Balaban J connectivity index is 1.56. The number of carboxylic acids is 1. The van der Waals surface area contributed by atoms with Crippen LogP contribution >= 0.6 is 0 Å².